The van der Waals surface area contributed by atoms with Crippen LogP contribution in [0.5, 0.6) is 0 Å². The van der Waals surface area contributed by atoms with Crippen LogP contribution < -0.4 is 0 Å². The van der Waals surface area contributed by atoms with Crippen LogP contribution in [0.25, 0.3) is 22.3 Å². The van der Waals surface area contributed by atoms with Crippen molar-refractivity contribution >= 4 is 17.0 Å². The number of alkyl halides is 3. The van der Waals surface area contributed by atoms with Crippen molar-refractivity contribution in [1.82, 2.24) is 24.7 Å². The number of ether oxygens (including phenoxy) is 1. The highest BCUT2D eigenvalue weighted by Crippen LogP contribution is 2.40. The van der Waals surface area contributed by atoms with Crippen LogP contribution in [0, 0.1) is 23.2 Å². The van der Waals surface area contributed by atoms with Crippen molar-refractivity contribution in [3.63, 3.8) is 0 Å². The molecule has 0 spiro atoms. The number of hydrogen-bond acceptors (Lipinski definition) is 6. The molecular weight excluding hydrogens is 513 g/mol. The largest absolute Gasteiger partial charge is 0.490 e. The molecule has 0 saturated heterocycles. The van der Waals surface area contributed by atoms with Crippen LogP contribution in [0.15, 0.2) is 61.3 Å². The van der Waals surface area contributed by atoms with Gasteiger partial charge in [0.1, 0.15) is 12.0 Å². The molecule has 1 aromatic carbocycles. The van der Waals surface area contributed by atoms with Gasteiger partial charge >= 0.3 is 12.1 Å². The average Bonchev–Trinajstić information content (AvgIpc) is 3.69. The fraction of sp³-hybridized carbons (Fsp3) is 0.370. The number of nitrogens with zero attached hydrogens (tertiary/aromatic N) is 5. The van der Waals surface area contributed by atoms with E-state index < -0.39 is 12.1 Å². The van der Waals surface area contributed by atoms with Gasteiger partial charge in [-0.25, -0.2) is 14.8 Å². The molecule has 5 rings (SSSR count). The number of aliphatic carboxylic acids is 1. The lowest BCUT2D eigenvalue weighted by atomic mass is 9.94. The third kappa shape index (κ3) is 7.20. The van der Waals surface area contributed by atoms with E-state index in [1.54, 1.807) is 6.33 Å². The molecule has 1 aliphatic rings. The van der Waals surface area contributed by atoms with Crippen LogP contribution in [0.3, 0.4) is 0 Å². The topological polar surface area (TPSA) is 130 Å². The number of hydrogen-bond donors (Lipinski definition) is 2. The normalized spacial score (nSPS) is 17.8. The Morgan fingerprint density at radius 1 is 1.23 bits per heavy atom. The molecule has 0 bridgehead atoms. The maximum Gasteiger partial charge on any atom is 0.490 e. The van der Waals surface area contributed by atoms with Crippen LogP contribution >= 0.6 is 0 Å². The number of H-pyrrole nitrogens is 1. The molecule has 0 aliphatic heterocycles. The Bertz CT molecular complexity index is 1410. The monoisotopic (exact) mass is 540 g/mol. The summed E-state index contributed by atoms with van der Waals surface area (Å²) in [4.78, 5) is 20.8. The van der Waals surface area contributed by atoms with Gasteiger partial charge in [-0.3, -0.25) is 4.68 Å². The van der Waals surface area contributed by atoms with Crippen molar-refractivity contribution in [3.8, 4) is 17.3 Å². The van der Waals surface area contributed by atoms with Gasteiger partial charge in [0, 0.05) is 30.0 Å². The van der Waals surface area contributed by atoms with E-state index in [1.807, 2.05) is 47.5 Å². The Labute approximate surface area is 222 Å². The van der Waals surface area contributed by atoms with E-state index in [-0.39, 0.29) is 6.04 Å². The number of aromatic nitrogens is 5. The number of fused-ring (bicyclic) bond motifs is 1. The van der Waals surface area contributed by atoms with E-state index in [4.69, 9.17) is 14.6 Å². The average molecular weight is 541 g/mol. The van der Waals surface area contributed by atoms with Gasteiger partial charge in [0.15, 0.2) is 0 Å². The lowest BCUT2D eigenvalue weighted by Crippen LogP contribution is -2.21. The van der Waals surface area contributed by atoms with Crippen molar-refractivity contribution < 1.29 is 27.8 Å². The first-order valence-electron chi connectivity index (χ1n) is 12.4. The van der Waals surface area contributed by atoms with Crippen molar-refractivity contribution in [1.29, 1.82) is 5.26 Å². The number of carboxylic acid groups (broad SMARTS) is 1. The molecule has 204 valence electrons. The summed E-state index contributed by atoms with van der Waals surface area (Å²) in [5.74, 6) is -1.81. The maximum atomic E-state index is 10.6. The number of halogens is 3. The molecular formula is C27H27F3N6O3. The van der Waals surface area contributed by atoms with Crippen molar-refractivity contribution in [2.75, 3.05) is 6.61 Å². The second-order valence-corrected chi connectivity index (χ2v) is 9.34. The van der Waals surface area contributed by atoms with Gasteiger partial charge in [-0.1, -0.05) is 30.3 Å². The zero-order valence-corrected chi connectivity index (χ0v) is 20.9. The Kier molecular flexibility index (Phi) is 8.93. The predicted molar refractivity (Wildman–Crippen MR) is 135 cm³/mol. The van der Waals surface area contributed by atoms with Crippen molar-refractivity contribution in [2.45, 2.75) is 44.5 Å². The minimum Gasteiger partial charge on any atom is -0.475 e. The number of nitriles is 1. The summed E-state index contributed by atoms with van der Waals surface area (Å²) in [6.07, 6.45) is 5.95. The van der Waals surface area contributed by atoms with Crippen LogP contribution in [0.2, 0.25) is 0 Å². The lowest BCUT2D eigenvalue weighted by Gasteiger charge is -2.22. The summed E-state index contributed by atoms with van der Waals surface area (Å²) in [6, 6.07) is 14.7. The summed E-state index contributed by atoms with van der Waals surface area (Å²) in [6.45, 7) is 1.42. The number of carboxylic acids is 1. The molecule has 3 unspecified atom stereocenters. The van der Waals surface area contributed by atoms with E-state index >= 15 is 0 Å². The molecule has 1 fully saturated rings. The standard InChI is InChI=1S/C25H26N6O.C2HF3O2/c26-10-8-23(20-7-6-19(12-20)16-32-15-18-4-2-1-3-5-18)31-14-21(13-30-31)24-22-9-11-27-25(22)29-17-28-24;3-2(4,5)1(6)7/h1-5,9,11,13-14,17,19-20,23H,6-8,12,15-16H2,(H,27,28,29);(H,6,7). The van der Waals surface area contributed by atoms with E-state index in [0.29, 0.717) is 24.9 Å². The molecule has 1 saturated carbocycles. The summed E-state index contributed by atoms with van der Waals surface area (Å²) in [5, 5.41) is 22.2. The number of benzene rings is 1. The van der Waals surface area contributed by atoms with Gasteiger partial charge in [0.05, 0.1) is 37.0 Å². The summed E-state index contributed by atoms with van der Waals surface area (Å²) in [7, 11) is 0. The van der Waals surface area contributed by atoms with E-state index in [2.05, 4.69) is 38.3 Å². The second kappa shape index (κ2) is 12.5. The minimum absolute atomic E-state index is 0.0661. The molecule has 2 N–H and O–H groups in total. The molecule has 3 aromatic heterocycles. The van der Waals surface area contributed by atoms with Gasteiger partial charge in [-0.05, 0) is 42.7 Å². The van der Waals surface area contributed by atoms with Gasteiger partial charge in [-0.2, -0.15) is 23.5 Å². The van der Waals surface area contributed by atoms with Crippen molar-refractivity contribution in [2.24, 2.45) is 11.8 Å². The molecule has 3 heterocycles. The first-order chi connectivity index (χ1) is 18.8. The van der Waals surface area contributed by atoms with Crippen LogP contribution in [-0.2, 0) is 16.1 Å². The van der Waals surface area contributed by atoms with Crippen LogP contribution in [0.4, 0.5) is 13.2 Å². The van der Waals surface area contributed by atoms with Gasteiger partial charge in [0.25, 0.3) is 0 Å². The Balaban J connectivity index is 0.000000448. The third-order valence-electron chi connectivity index (χ3n) is 6.70. The first kappa shape index (κ1) is 27.8. The molecule has 3 atom stereocenters. The van der Waals surface area contributed by atoms with Gasteiger partial charge < -0.3 is 14.8 Å². The summed E-state index contributed by atoms with van der Waals surface area (Å²) < 4.78 is 39.7. The second-order valence-electron chi connectivity index (χ2n) is 9.34. The highest BCUT2D eigenvalue weighted by Gasteiger charge is 2.38. The number of nitrogens with one attached hydrogen (secondary N) is 1. The van der Waals surface area contributed by atoms with E-state index in [9.17, 15) is 18.4 Å². The molecule has 0 radical (unpaired) electrons. The smallest absolute Gasteiger partial charge is 0.475 e. The van der Waals surface area contributed by atoms with Crippen LogP contribution in [0.1, 0.15) is 37.3 Å². The zero-order chi connectivity index (χ0) is 27.8. The number of aromatic amines is 1. The highest BCUT2D eigenvalue weighted by atomic mass is 19.4. The highest BCUT2D eigenvalue weighted by molar-refractivity contribution is 5.89. The first-order valence-corrected chi connectivity index (χ1v) is 12.4. The SMILES string of the molecule is N#CCC(C1CCC(COCc2ccccc2)C1)n1cc(-c2ncnc3[nH]ccc23)cn1.O=C(O)C(F)(F)F. The minimum atomic E-state index is -5.08. The molecule has 9 nitrogen and oxygen atoms in total. The molecule has 1 aliphatic carbocycles. The fourth-order valence-electron chi connectivity index (χ4n) is 4.85. The van der Waals surface area contributed by atoms with Gasteiger partial charge in [-0.15, -0.1) is 0 Å². The third-order valence-corrected chi connectivity index (χ3v) is 6.70. The Hall–Kier alpha value is -4.24. The Morgan fingerprint density at radius 2 is 2.00 bits per heavy atom. The van der Waals surface area contributed by atoms with E-state index in [1.165, 1.54) is 5.56 Å². The predicted octanol–water partition coefficient (Wildman–Crippen LogP) is 5.54. The number of rotatable bonds is 8. The van der Waals surface area contributed by atoms with Gasteiger partial charge in [0.2, 0.25) is 0 Å². The Morgan fingerprint density at radius 3 is 2.72 bits per heavy atom. The van der Waals surface area contributed by atoms with Crippen molar-refractivity contribution in [3.05, 3.63) is 66.9 Å². The maximum absolute atomic E-state index is 10.6. The fourth-order valence-corrected chi connectivity index (χ4v) is 4.85. The summed E-state index contributed by atoms with van der Waals surface area (Å²) in [5.41, 5.74) is 3.82. The lowest BCUT2D eigenvalue weighted by molar-refractivity contribution is -0.192. The summed E-state index contributed by atoms with van der Waals surface area (Å²) >= 11 is 0. The molecule has 0 amide bonds. The van der Waals surface area contributed by atoms with Crippen LogP contribution in [-0.4, -0.2) is 48.6 Å². The quantitative estimate of drug-likeness (QED) is 0.300. The zero-order valence-electron chi connectivity index (χ0n) is 20.9. The van der Waals surface area contributed by atoms with E-state index in [0.717, 1.165) is 48.2 Å². The number of carbonyl (C=O) groups is 1. The molecule has 4 aromatic rings. The molecule has 12 heteroatoms. The molecule has 39 heavy (non-hydrogen) atoms.